The fraction of sp³-hybridized carbons (Fsp3) is 0.500. The van der Waals surface area contributed by atoms with Crippen LogP contribution in [0, 0.1) is 6.92 Å². The molecule has 0 aliphatic rings. The third-order valence-corrected chi connectivity index (χ3v) is 2.32. The van der Waals surface area contributed by atoms with Gasteiger partial charge in [0.05, 0.1) is 12.6 Å². The Labute approximate surface area is 108 Å². The van der Waals surface area contributed by atoms with Gasteiger partial charge in [-0.2, -0.15) is 0 Å². The van der Waals surface area contributed by atoms with Crippen molar-refractivity contribution in [3.8, 4) is 0 Å². The number of amides is 1. The van der Waals surface area contributed by atoms with Crippen molar-refractivity contribution in [3.63, 3.8) is 0 Å². The van der Waals surface area contributed by atoms with E-state index in [2.05, 4.69) is 5.32 Å². The fourth-order valence-electron chi connectivity index (χ4n) is 1.57. The zero-order valence-electron chi connectivity index (χ0n) is 11.4. The number of rotatable bonds is 3. The van der Waals surface area contributed by atoms with Crippen LogP contribution in [-0.4, -0.2) is 23.4 Å². The van der Waals surface area contributed by atoms with Crippen LogP contribution in [0.2, 0.25) is 0 Å². The van der Waals surface area contributed by atoms with Crippen LogP contribution in [0.3, 0.4) is 0 Å². The molecule has 0 saturated heterocycles. The molecule has 0 radical (unpaired) electrons. The van der Waals surface area contributed by atoms with E-state index in [0.29, 0.717) is 0 Å². The third-order valence-electron chi connectivity index (χ3n) is 2.32. The van der Waals surface area contributed by atoms with E-state index in [4.69, 9.17) is 4.74 Å². The number of carbonyl (C=O) groups excluding carboxylic acids is 1. The van der Waals surface area contributed by atoms with E-state index in [1.807, 2.05) is 31.2 Å². The van der Waals surface area contributed by atoms with Crippen molar-refractivity contribution >= 4 is 6.09 Å². The molecule has 1 rings (SSSR count). The molecule has 1 atom stereocenters. The van der Waals surface area contributed by atoms with Crippen molar-refractivity contribution in [3.05, 3.63) is 35.4 Å². The van der Waals surface area contributed by atoms with Crippen LogP contribution in [0.4, 0.5) is 4.79 Å². The Balaban J connectivity index is 2.71. The molecule has 0 saturated carbocycles. The Morgan fingerprint density at radius 2 is 2.11 bits per heavy atom. The topological polar surface area (TPSA) is 58.6 Å². The van der Waals surface area contributed by atoms with Crippen molar-refractivity contribution in [1.82, 2.24) is 5.32 Å². The molecule has 2 N–H and O–H groups in total. The SMILES string of the molecule is Cc1cccc([C@@H](CO)NC(=O)OC(C)(C)C)c1. The van der Waals surface area contributed by atoms with Gasteiger partial charge in [-0.15, -0.1) is 0 Å². The summed E-state index contributed by atoms with van der Waals surface area (Å²) in [6.45, 7) is 7.20. The maximum absolute atomic E-state index is 11.6. The van der Waals surface area contributed by atoms with Gasteiger partial charge < -0.3 is 15.2 Å². The van der Waals surface area contributed by atoms with Crippen LogP contribution in [0.5, 0.6) is 0 Å². The molecule has 0 aromatic heterocycles. The number of benzene rings is 1. The van der Waals surface area contributed by atoms with Crippen molar-refractivity contribution in [1.29, 1.82) is 0 Å². The van der Waals surface area contributed by atoms with Gasteiger partial charge in [0.25, 0.3) is 0 Å². The number of nitrogens with one attached hydrogen (secondary N) is 1. The minimum Gasteiger partial charge on any atom is -0.444 e. The number of aryl methyl sites for hydroxylation is 1. The Morgan fingerprint density at radius 1 is 1.44 bits per heavy atom. The summed E-state index contributed by atoms with van der Waals surface area (Å²) in [6, 6.07) is 7.21. The summed E-state index contributed by atoms with van der Waals surface area (Å²) in [4.78, 5) is 11.6. The zero-order chi connectivity index (χ0) is 13.8. The van der Waals surface area contributed by atoms with Crippen molar-refractivity contribution in [2.24, 2.45) is 0 Å². The van der Waals surface area contributed by atoms with Crippen LogP contribution in [0.15, 0.2) is 24.3 Å². The molecule has 0 heterocycles. The molecule has 100 valence electrons. The van der Waals surface area contributed by atoms with Crippen LogP contribution >= 0.6 is 0 Å². The Morgan fingerprint density at radius 3 is 2.61 bits per heavy atom. The van der Waals surface area contributed by atoms with Crippen LogP contribution in [-0.2, 0) is 4.74 Å². The van der Waals surface area contributed by atoms with Gasteiger partial charge in [0.1, 0.15) is 5.60 Å². The van der Waals surface area contributed by atoms with Crippen molar-refractivity contribution in [2.45, 2.75) is 39.3 Å². The summed E-state index contributed by atoms with van der Waals surface area (Å²) >= 11 is 0. The molecule has 0 aliphatic heterocycles. The number of ether oxygens (including phenoxy) is 1. The highest BCUT2D eigenvalue weighted by Gasteiger charge is 2.20. The molecule has 0 unspecified atom stereocenters. The number of aliphatic hydroxyl groups is 1. The van der Waals surface area contributed by atoms with Crippen molar-refractivity contribution < 1.29 is 14.6 Å². The van der Waals surface area contributed by atoms with Gasteiger partial charge in [-0.3, -0.25) is 0 Å². The van der Waals surface area contributed by atoms with E-state index >= 15 is 0 Å². The second-order valence-electron chi connectivity index (χ2n) is 5.30. The number of carbonyl (C=O) groups is 1. The molecular formula is C14H21NO3. The summed E-state index contributed by atoms with van der Waals surface area (Å²) in [5, 5.41) is 12.0. The van der Waals surface area contributed by atoms with Crippen LogP contribution in [0.1, 0.15) is 37.9 Å². The van der Waals surface area contributed by atoms with E-state index in [9.17, 15) is 9.90 Å². The first-order valence-electron chi connectivity index (χ1n) is 5.99. The lowest BCUT2D eigenvalue weighted by molar-refractivity contribution is 0.0482. The molecule has 0 bridgehead atoms. The quantitative estimate of drug-likeness (QED) is 0.868. The van der Waals surface area contributed by atoms with E-state index in [0.717, 1.165) is 11.1 Å². The molecular weight excluding hydrogens is 230 g/mol. The lowest BCUT2D eigenvalue weighted by atomic mass is 10.1. The average Bonchev–Trinajstić information content (AvgIpc) is 2.23. The number of aliphatic hydroxyl groups excluding tert-OH is 1. The summed E-state index contributed by atoms with van der Waals surface area (Å²) in [7, 11) is 0. The monoisotopic (exact) mass is 251 g/mol. The number of alkyl carbamates (subject to hydrolysis) is 1. The first-order valence-corrected chi connectivity index (χ1v) is 5.99. The lowest BCUT2D eigenvalue weighted by Gasteiger charge is -2.23. The van der Waals surface area contributed by atoms with Gasteiger partial charge in [-0.05, 0) is 33.3 Å². The van der Waals surface area contributed by atoms with Crippen LogP contribution in [0.25, 0.3) is 0 Å². The van der Waals surface area contributed by atoms with Crippen molar-refractivity contribution in [2.75, 3.05) is 6.61 Å². The van der Waals surface area contributed by atoms with E-state index in [1.165, 1.54) is 0 Å². The lowest BCUT2D eigenvalue weighted by Crippen LogP contribution is -2.36. The summed E-state index contributed by atoms with van der Waals surface area (Å²) < 4.78 is 5.16. The molecule has 0 spiro atoms. The highest BCUT2D eigenvalue weighted by Crippen LogP contribution is 2.15. The van der Waals surface area contributed by atoms with Gasteiger partial charge in [0.15, 0.2) is 0 Å². The van der Waals surface area contributed by atoms with E-state index in [1.54, 1.807) is 20.8 Å². The van der Waals surface area contributed by atoms with Gasteiger partial charge in [-0.25, -0.2) is 4.79 Å². The average molecular weight is 251 g/mol. The zero-order valence-corrected chi connectivity index (χ0v) is 11.4. The first kappa shape index (κ1) is 14.5. The number of hydrogen-bond acceptors (Lipinski definition) is 3. The minimum atomic E-state index is -0.545. The molecule has 1 aromatic rings. The normalized spacial score (nSPS) is 12.9. The van der Waals surface area contributed by atoms with Gasteiger partial charge in [0.2, 0.25) is 0 Å². The maximum Gasteiger partial charge on any atom is 0.408 e. The molecule has 1 amide bonds. The highest BCUT2D eigenvalue weighted by atomic mass is 16.6. The molecule has 0 aliphatic carbocycles. The Hall–Kier alpha value is -1.55. The van der Waals surface area contributed by atoms with E-state index in [-0.39, 0.29) is 6.61 Å². The molecule has 1 aromatic carbocycles. The molecule has 18 heavy (non-hydrogen) atoms. The Kier molecular flexibility index (Phi) is 4.73. The first-order chi connectivity index (χ1) is 8.31. The largest absolute Gasteiger partial charge is 0.444 e. The second kappa shape index (κ2) is 5.87. The molecule has 0 fully saturated rings. The van der Waals surface area contributed by atoms with Gasteiger partial charge in [-0.1, -0.05) is 29.8 Å². The van der Waals surface area contributed by atoms with Crippen LogP contribution < -0.4 is 5.32 Å². The molecule has 4 nitrogen and oxygen atoms in total. The Bertz CT molecular complexity index is 410. The smallest absolute Gasteiger partial charge is 0.408 e. The van der Waals surface area contributed by atoms with E-state index < -0.39 is 17.7 Å². The predicted octanol–water partition coefficient (Wildman–Crippen LogP) is 2.55. The summed E-state index contributed by atoms with van der Waals surface area (Å²) in [5.41, 5.74) is 1.40. The standard InChI is InChI=1S/C14H21NO3/c1-10-6-5-7-11(8-10)12(9-16)15-13(17)18-14(2,3)4/h5-8,12,16H,9H2,1-4H3,(H,15,17)/t12-/m1/s1. The van der Waals surface area contributed by atoms with Gasteiger partial charge >= 0.3 is 6.09 Å². The third kappa shape index (κ3) is 4.75. The second-order valence-corrected chi connectivity index (χ2v) is 5.30. The number of hydrogen-bond donors (Lipinski definition) is 2. The summed E-state index contributed by atoms with van der Waals surface area (Å²) in [6.07, 6.45) is -0.525. The maximum atomic E-state index is 11.6. The minimum absolute atomic E-state index is 0.164. The van der Waals surface area contributed by atoms with Gasteiger partial charge in [0, 0.05) is 0 Å². The fourth-order valence-corrected chi connectivity index (χ4v) is 1.57. The predicted molar refractivity (Wildman–Crippen MR) is 70.4 cm³/mol. The molecule has 4 heteroatoms. The summed E-state index contributed by atoms with van der Waals surface area (Å²) in [5.74, 6) is 0. The highest BCUT2D eigenvalue weighted by molar-refractivity contribution is 5.68.